The van der Waals surface area contributed by atoms with Gasteiger partial charge in [0, 0.05) is 23.8 Å². The number of hydrogen-bond donors (Lipinski definition) is 1. The number of nitrogens with zero attached hydrogens (tertiary/aromatic N) is 1. The summed E-state index contributed by atoms with van der Waals surface area (Å²) in [7, 11) is -2.04. The van der Waals surface area contributed by atoms with Gasteiger partial charge >= 0.3 is 0 Å². The molecule has 0 radical (unpaired) electrons. The van der Waals surface area contributed by atoms with Crippen LogP contribution in [-0.2, 0) is 14.8 Å². The van der Waals surface area contributed by atoms with Crippen LogP contribution in [0.15, 0.2) is 27.8 Å². The molecule has 0 bridgehead atoms. The third-order valence-electron chi connectivity index (χ3n) is 1.75. The van der Waals surface area contributed by atoms with Crippen molar-refractivity contribution in [2.75, 3.05) is 13.7 Å². The molecule has 0 amide bonds. The lowest BCUT2D eigenvalue weighted by Crippen LogP contribution is -2.35. The van der Waals surface area contributed by atoms with Crippen LogP contribution in [0.25, 0.3) is 0 Å². The summed E-state index contributed by atoms with van der Waals surface area (Å²) < 4.78 is 31.6. The van der Waals surface area contributed by atoms with Gasteiger partial charge in [-0.15, -0.1) is 0 Å². The van der Waals surface area contributed by atoms with Gasteiger partial charge in [-0.25, -0.2) is 18.1 Å². The molecular formula is C9H13BrN2O3S. The van der Waals surface area contributed by atoms with Crippen molar-refractivity contribution in [1.82, 2.24) is 9.71 Å². The second-order valence-electron chi connectivity index (χ2n) is 3.29. The molecular weight excluding hydrogens is 296 g/mol. The Morgan fingerprint density at radius 1 is 1.56 bits per heavy atom. The van der Waals surface area contributed by atoms with Gasteiger partial charge in [-0.1, -0.05) is 0 Å². The first-order valence-corrected chi connectivity index (χ1v) is 6.86. The largest absolute Gasteiger partial charge is 0.383 e. The molecule has 5 nitrogen and oxygen atoms in total. The zero-order valence-electron chi connectivity index (χ0n) is 8.97. The fraction of sp³-hybridized carbons (Fsp3) is 0.444. The number of rotatable bonds is 5. The number of ether oxygens (including phenoxy) is 1. The maximum Gasteiger partial charge on any atom is 0.258 e. The van der Waals surface area contributed by atoms with Crippen LogP contribution in [0.4, 0.5) is 0 Å². The lowest BCUT2D eigenvalue weighted by molar-refractivity contribution is 0.180. The molecule has 0 aromatic carbocycles. The van der Waals surface area contributed by atoms with E-state index in [0.29, 0.717) is 6.61 Å². The Labute approximate surface area is 103 Å². The van der Waals surface area contributed by atoms with Gasteiger partial charge in [0.05, 0.1) is 6.61 Å². The Morgan fingerprint density at radius 2 is 2.25 bits per heavy atom. The highest BCUT2D eigenvalue weighted by Gasteiger charge is 2.18. The first kappa shape index (κ1) is 13.6. The number of pyridine rings is 1. The number of sulfonamides is 1. The summed E-state index contributed by atoms with van der Waals surface area (Å²) in [6, 6.07) is 2.77. The molecule has 0 saturated carbocycles. The molecule has 1 N–H and O–H groups in total. The highest BCUT2D eigenvalue weighted by atomic mass is 79.9. The van der Waals surface area contributed by atoms with Gasteiger partial charge < -0.3 is 4.74 Å². The van der Waals surface area contributed by atoms with Crippen molar-refractivity contribution < 1.29 is 13.2 Å². The Hall–Kier alpha value is -0.500. The zero-order valence-corrected chi connectivity index (χ0v) is 11.4. The summed E-state index contributed by atoms with van der Waals surface area (Å²) in [4.78, 5) is 3.82. The van der Waals surface area contributed by atoms with Crippen LogP contribution in [0.2, 0.25) is 0 Å². The van der Waals surface area contributed by atoms with E-state index in [2.05, 4.69) is 25.6 Å². The van der Waals surface area contributed by atoms with E-state index in [9.17, 15) is 8.42 Å². The van der Waals surface area contributed by atoms with E-state index in [1.54, 1.807) is 13.0 Å². The molecule has 1 aromatic heterocycles. The second kappa shape index (κ2) is 5.72. The normalized spacial score (nSPS) is 13.7. The van der Waals surface area contributed by atoms with Crippen LogP contribution < -0.4 is 4.72 Å². The van der Waals surface area contributed by atoms with Gasteiger partial charge in [0.1, 0.15) is 0 Å². The highest BCUT2D eigenvalue weighted by Crippen LogP contribution is 2.11. The lowest BCUT2D eigenvalue weighted by atomic mass is 10.4. The van der Waals surface area contributed by atoms with Crippen molar-refractivity contribution in [2.24, 2.45) is 0 Å². The lowest BCUT2D eigenvalue weighted by Gasteiger charge is -2.12. The molecule has 1 rings (SSSR count). The van der Waals surface area contributed by atoms with E-state index in [1.165, 1.54) is 19.4 Å². The van der Waals surface area contributed by atoms with Crippen LogP contribution in [0.3, 0.4) is 0 Å². The predicted octanol–water partition coefficient (Wildman–Crippen LogP) is 1.16. The van der Waals surface area contributed by atoms with E-state index in [0.717, 1.165) is 4.47 Å². The van der Waals surface area contributed by atoms with Crippen LogP contribution >= 0.6 is 15.9 Å². The molecule has 1 atom stereocenters. The molecule has 0 aliphatic rings. The zero-order chi connectivity index (χ0) is 12.2. The first-order chi connectivity index (χ1) is 7.45. The monoisotopic (exact) mass is 308 g/mol. The van der Waals surface area contributed by atoms with Crippen molar-refractivity contribution in [3.8, 4) is 0 Å². The minimum atomic E-state index is -3.56. The first-order valence-electron chi connectivity index (χ1n) is 4.58. The van der Waals surface area contributed by atoms with Crippen LogP contribution in [0, 0.1) is 0 Å². The summed E-state index contributed by atoms with van der Waals surface area (Å²) in [5.74, 6) is 0. The third-order valence-corrected chi connectivity index (χ3v) is 3.72. The van der Waals surface area contributed by atoms with Gasteiger partial charge in [0.15, 0.2) is 5.03 Å². The van der Waals surface area contributed by atoms with Crippen LogP contribution in [0.1, 0.15) is 6.92 Å². The van der Waals surface area contributed by atoms with Gasteiger partial charge in [0.2, 0.25) is 0 Å². The molecule has 0 aliphatic heterocycles. The van der Waals surface area contributed by atoms with Gasteiger partial charge in [-0.05, 0) is 35.0 Å². The van der Waals surface area contributed by atoms with E-state index in [1.807, 2.05) is 0 Å². The molecule has 0 spiro atoms. The number of methoxy groups -OCH3 is 1. The van der Waals surface area contributed by atoms with E-state index < -0.39 is 10.0 Å². The maximum atomic E-state index is 11.8. The summed E-state index contributed by atoms with van der Waals surface area (Å²) in [6.45, 7) is 2.04. The summed E-state index contributed by atoms with van der Waals surface area (Å²) >= 11 is 3.19. The van der Waals surface area contributed by atoms with Crippen molar-refractivity contribution in [3.63, 3.8) is 0 Å². The molecule has 0 saturated heterocycles. The molecule has 1 heterocycles. The van der Waals surface area contributed by atoms with Crippen molar-refractivity contribution >= 4 is 26.0 Å². The van der Waals surface area contributed by atoms with Crippen molar-refractivity contribution in [2.45, 2.75) is 18.0 Å². The number of aromatic nitrogens is 1. The Morgan fingerprint density at radius 3 is 2.75 bits per heavy atom. The number of hydrogen-bond acceptors (Lipinski definition) is 4. The minimum Gasteiger partial charge on any atom is -0.383 e. The quantitative estimate of drug-likeness (QED) is 0.886. The van der Waals surface area contributed by atoms with E-state index in [-0.39, 0.29) is 11.1 Å². The van der Waals surface area contributed by atoms with E-state index >= 15 is 0 Å². The van der Waals surface area contributed by atoms with E-state index in [4.69, 9.17) is 4.74 Å². The molecule has 7 heteroatoms. The molecule has 1 aromatic rings. The Bertz CT molecular complexity index is 433. The Balaban J connectivity index is 2.82. The minimum absolute atomic E-state index is 0.00125. The fourth-order valence-electron chi connectivity index (χ4n) is 1.13. The summed E-state index contributed by atoms with van der Waals surface area (Å²) in [5.41, 5.74) is 0. The van der Waals surface area contributed by atoms with Gasteiger partial charge in [0.25, 0.3) is 10.0 Å². The van der Waals surface area contributed by atoms with Gasteiger partial charge in [-0.3, -0.25) is 0 Å². The standard InChI is InChI=1S/C9H13BrN2O3S/c1-7(6-15-2)12-16(13,14)9-4-3-8(10)5-11-9/h3-5,7,12H,6H2,1-2H3/t7-/m1/s1. The summed E-state index contributed by atoms with van der Waals surface area (Å²) in [5, 5.41) is -0.00125. The topological polar surface area (TPSA) is 68.3 Å². The van der Waals surface area contributed by atoms with Gasteiger partial charge in [-0.2, -0.15) is 0 Å². The number of nitrogens with one attached hydrogen (secondary N) is 1. The molecule has 0 fully saturated rings. The third kappa shape index (κ3) is 3.82. The summed E-state index contributed by atoms with van der Waals surface area (Å²) in [6.07, 6.45) is 1.44. The Kier molecular flexibility index (Phi) is 4.85. The van der Waals surface area contributed by atoms with Crippen LogP contribution in [0.5, 0.6) is 0 Å². The predicted molar refractivity (Wildman–Crippen MR) is 63.6 cm³/mol. The van der Waals surface area contributed by atoms with Crippen LogP contribution in [-0.4, -0.2) is 33.2 Å². The second-order valence-corrected chi connectivity index (χ2v) is 5.87. The number of halogens is 1. The molecule has 16 heavy (non-hydrogen) atoms. The fourth-order valence-corrected chi connectivity index (χ4v) is 2.52. The average molecular weight is 309 g/mol. The maximum absolute atomic E-state index is 11.8. The van der Waals surface area contributed by atoms with Crippen molar-refractivity contribution in [1.29, 1.82) is 0 Å². The average Bonchev–Trinajstić information content (AvgIpc) is 2.17. The SMILES string of the molecule is COC[C@@H](C)NS(=O)(=O)c1ccc(Br)cn1. The molecule has 90 valence electrons. The molecule has 0 unspecified atom stereocenters. The van der Waals surface area contributed by atoms with Crippen molar-refractivity contribution in [3.05, 3.63) is 22.8 Å². The smallest absolute Gasteiger partial charge is 0.258 e. The molecule has 0 aliphatic carbocycles. The highest BCUT2D eigenvalue weighted by molar-refractivity contribution is 9.10.